The van der Waals surface area contributed by atoms with Gasteiger partial charge in [0.05, 0.1) is 11.8 Å². The zero-order valence-electron chi connectivity index (χ0n) is 9.50. The van der Waals surface area contributed by atoms with Crippen LogP contribution in [0.25, 0.3) is 0 Å². The Morgan fingerprint density at radius 3 is 2.75 bits per heavy atom. The summed E-state index contributed by atoms with van der Waals surface area (Å²) < 4.78 is 18.4. The maximum Gasteiger partial charge on any atom is 0.141 e. The van der Waals surface area contributed by atoms with Gasteiger partial charge >= 0.3 is 0 Å². The molecule has 2 rings (SSSR count). The summed E-state index contributed by atoms with van der Waals surface area (Å²) in [7, 11) is 1.74. The highest BCUT2D eigenvalue weighted by molar-refractivity contribution is 5.09. The maximum atomic E-state index is 12.7. The van der Waals surface area contributed by atoms with E-state index in [1.807, 2.05) is 0 Å². The van der Waals surface area contributed by atoms with Crippen molar-refractivity contribution < 1.29 is 9.13 Å². The molecule has 3 nitrogen and oxygen atoms in total. The Bertz CT molecular complexity index is 333. The standard InChI is InChI=1S/C12H17FN2O/c1-16-12(4-6-14-7-5-12)8-11-3-2-10(13)9-15-11/h2-3,9,14H,4-8H2,1H3. The summed E-state index contributed by atoms with van der Waals surface area (Å²) in [4.78, 5) is 4.09. The molecule has 0 unspecified atom stereocenters. The highest BCUT2D eigenvalue weighted by Gasteiger charge is 2.32. The number of aromatic nitrogens is 1. The second-order valence-corrected chi connectivity index (χ2v) is 4.28. The van der Waals surface area contributed by atoms with Crippen molar-refractivity contribution in [3.63, 3.8) is 0 Å². The first-order valence-corrected chi connectivity index (χ1v) is 5.60. The number of ether oxygens (including phenoxy) is 1. The first-order valence-electron chi connectivity index (χ1n) is 5.60. The number of nitrogens with one attached hydrogen (secondary N) is 1. The fourth-order valence-corrected chi connectivity index (χ4v) is 2.18. The number of hydrogen-bond acceptors (Lipinski definition) is 3. The van der Waals surface area contributed by atoms with Crippen molar-refractivity contribution in [2.75, 3.05) is 20.2 Å². The SMILES string of the molecule is COC1(Cc2ccc(F)cn2)CCNCC1. The molecule has 0 atom stereocenters. The topological polar surface area (TPSA) is 34.1 Å². The van der Waals surface area contributed by atoms with Gasteiger partial charge in [-0.1, -0.05) is 0 Å². The molecule has 16 heavy (non-hydrogen) atoms. The second kappa shape index (κ2) is 4.89. The van der Waals surface area contributed by atoms with Gasteiger partial charge in [-0.05, 0) is 38.1 Å². The molecule has 0 aromatic carbocycles. The van der Waals surface area contributed by atoms with Crippen molar-refractivity contribution in [1.82, 2.24) is 10.3 Å². The maximum absolute atomic E-state index is 12.7. The zero-order chi connectivity index (χ0) is 11.4. The van der Waals surface area contributed by atoms with Crippen LogP contribution in [-0.2, 0) is 11.2 Å². The Labute approximate surface area is 95.0 Å². The van der Waals surface area contributed by atoms with Gasteiger partial charge < -0.3 is 10.1 Å². The molecule has 1 aliphatic heterocycles. The van der Waals surface area contributed by atoms with Crippen LogP contribution in [0, 0.1) is 5.82 Å². The van der Waals surface area contributed by atoms with E-state index < -0.39 is 0 Å². The van der Waals surface area contributed by atoms with Crippen molar-refractivity contribution in [2.45, 2.75) is 24.9 Å². The van der Waals surface area contributed by atoms with E-state index in [0.717, 1.165) is 38.0 Å². The molecule has 1 aromatic heterocycles. The minimum Gasteiger partial charge on any atom is -0.378 e. The molecule has 0 radical (unpaired) electrons. The third kappa shape index (κ3) is 2.57. The average molecular weight is 224 g/mol. The highest BCUT2D eigenvalue weighted by Crippen LogP contribution is 2.26. The predicted octanol–water partition coefficient (Wildman–Crippen LogP) is 1.53. The van der Waals surface area contributed by atoms with Gasteiger partial charge in [0, 0.05) is 19.2 Å². The van der Waals surface area contributed by atoms with E-state index in [9.17, 15) is 4.39 Å². The van der Waals surface area contributed by atoms with Gasteiger partial charge in [0.15, 0.2) is 0 Å². The Hall–Kier alpha value is -1.00. The number of hydrogen-bond donors (Lipinski definition) is 1. The van der Waals surface area contributed by atoms with Crippen LogP contribution in [0.15, 0.2) is 18.3 Å². The van der Waals surface area contributed by atoms with Crippen LogP contribution in [0.2, 0.25) is 0 Å². The zero-order valence-corrected chi connectivity index (χ0v) is 9.50. The predicted molar refractivity (Wildman–Crippen MR) is 59.7 cm³/mol. The van der Waals surface area contributed by atoms with Crippen LogP contribution in [0.4, 0.5) is 4.39 Å². The highest BCUT2D eigenvalue weighted by atomic mass is 19.1. The van der Waals surface area contributed by atoms with Gasteiger partial charge in [0.25, 0.3) is 0 Å². The molecule has 1 saturated heterocycles. The van der Waals surface area contributed by atoms with Gasteiger partial charge in [0.1, 0.15) is 5.82 Å². The molecule has 0 aliphatic carbocycles. The van der Waals surface area contributed by atoms with Crippen molar-refractivity contribution in [2.24, 2.45) is 0 Å². The monoisotopic (exact) mass is 224 g/mol. The quantitative estimate of drug-likeness (QED) is 0.845. The van der Waals surface area contributed by atoms with Gasteiger partial charge in [-0.2, -0.15) is 0 Å². The van der Waals surface area contributed by atoms with Crippen LogP contribution in [0.5, 0.6) is 0 Å². The van der Waals surface area contributed by atoms with Crippen LogP contribution in [0.3, 0.4) is 0 Å². The molecule has 0 spiro atoms. The number of halogens is 1. The van der Waals surface area contributed by atoms with Gasteiger partial charge in [-0.3, -0.25) is 4.98 Å². The van der Waals surface area contributed by atoms with Crippen molar-refractivity contribution in [1.29, 1.82) is 0 Å². The third-order valence-electron chi connectivity index (χ3n) is 3.24. The summed E-state index contributed by atoms with van der Waals surface area (Å²) in [6.45, 7) is 1.93. The molecule has 1 N–H and O–H groups in total. The molecule has 2 heterocycles. The fraction of sp³-hybridized carbons (Fsp3) is 0.583. The summed E-state index contributed by atoms with van der Waals surface area (Å²) in [5.74, 6) is -0.291. The number of methoxy groups -OCH3 is 1. The molecule has 0 bridgehead atoms. The normalized spacial score (nSPS) is 19.6. The molecule has 0 saturated carbocycles. The first-order chi connectivity index (χ1) is 7.74. The Balaban J connectivity index is 2.08. The minimum atomic E-state index is -0.291. The average Bonchev–Trinajstić information content (AvgIpc) is 2.33. The van der Waals surface area contributed by atoms with Crippen LogP contribution < -0.4 is 5.32 Å². The van der Waals surface area contributed by atoms with Gasteiger partial charge in [-0.25, -0.2) is 4.39 Å². The van der Waals surface area contributed by atoms with Crippen molar-refractivity contribution >= 4 is 0 Å². The largest absolute Gasteiger partial charge is 0.378 e. The summed E-state index contributed by atoms with van der Waals surface area (Å²) in [5, 5.41) is 3.31. The van der Waals surface area contributed by atoms with Crippen LogP contribution in [-0.4, -0.2) is 30.8 Å². The fourth-order valence-electron chi connectivity index (χ4n) is 2.18. The Morgan fingerprint density at radius 1 is 1.44 bits per heavy atom. The lowest BCUT2D eigenvalue weighted by molar-refractivity contribution is -0.0340. The number of nitrogens with zero attached hydrogens (tertiary/aromatic N) is 1. The lowest BCUT2D eigenvalue weighted by Crippen LogP contribution is -2.45. The molecule has 4 heteroatoms. The summed E-state index contributed by atoms with van der Waals surface area (Å²) in [6.07, 6.45) is 3.97. The molecule has 1 fully saturated rings. The molecular formula is C12H17FN2O. The number of piperidine rings is 1. The van der Waals surface area contributed by atoms with Crippen LogP contribution in [0.1, 0.15) is 18.5 Å². The number of pyridine rings is 1. The van der Waals surface area contributed by atoms with Gasteiger partial charge in [-0.15, -0.1) is 0 Å². The number of rotatable bonds is 3. The van der Waals surface area contributed by atoms with E-state index in [4.69, 9.17) is 4.74 Å². The molecule has 1 aliphatic rings. The molecular weight excluding hydrogens is 207 g/mol. The lowest BCUT2D eigenvalue weighted by atomic mass is 9.87. The molecule has 88 valence electrons. The smallest absolute Gasteiger partial charge is 0.141 e. The third-order valence-corrected chi connectivity index (χ3v) is 3.24. The van der Waals surface area contributed by atoms with Crippen molar-refractivity contribution in [3.8, 4) is 0 Å². The van der Waals surface area contributed by atoms with E-state index in [1.165, 1.54) is 12.3 Å². The Kier molecular flexibility index (Phi) is 3.51. The van der Waals surface area contributed by atoms with Gasteiger partial charge in [0.2, 0.25) is 0 Å². The van der Waals surface area contributed by atoms with Crippen LogP contribution >= 0.6 is 0 Å². The molecule has 0 amide bonds. The summed E-state index contributed by atoms with van der Waals surface area (Å²) in [5.41, 5.74) is 0.765. The van der Waals surface area contributed by atoms with E-state index in [0.29, 0.717) is 0 Å². The van der Waals surface area contributed by atoms with E-state index in [2.05, 4.69) is 10.3 Å². The van der Waals surface area contributed by atoms with E-state index in [-0.39, 0.29) is 11.4 Å². The van der Waals surface area contributed by atoms with Crippen molar-refractivity contribution in [3.05, 3.63) is 29.8 Å². The minimum absolute atomic E-state index is 0.129. The molecule has 1 aromatic rings. The van der Waals surface area contributed by atoms with E-state index >= 15 is 0 Å². The summed E-state index contributed by atoms with van der Waals surface area (Å²) >= 11 is 0. The Morgan fingerprint density at radius 2 is 2.19 bits per heavy atom. The second-order valence-electron chi connectivity index (χ2n) is 4.28. The van der Waals surface area contributed by atoms with E-state index in [1.54, 1.807) is 13.2 Å². The first kappa shape index (κ1) is 11.5. The summed E-state index contributed by atoms with van der Waals surface area (Å²) in [6, 6.07) is 3.19. The lowest BCUT2D eigenvalue weighted by Gasteiger charge is -2.36.